The predicted octanol–water partition coefficient (Wildman–Crippen LogP) is 20.3. The van der Waals surface area contributed by atoms with Crippen LogP contribution in [0.3, 0.4) is 0 Å². The minimum absolute atomic E-state index is 0.236. The van der Waals surface area contributed by atoms with Crippen molar-refractivity contribution in [3.8, 4) is 0 Å². The van der Waals surface area contributed by atoms with E-state index in [2.05, 4.69) is 55.4 Å². The lowest BCUT2D eigenvalue weighted by Crippen LogP contribution is -2.46. The molecule has 77 heavy (non-hydrogen) atoms. The summed E-state index contributed by atoms with van der Waals surface area (Å²) in [7, 11) is 0. The fourth-order valence-corrected chi connectivity index (χ4v) is 14.5. The summed E-state index contributed by atoms with van der Waals surface area (Å²) in [4.78, 5) is 55.6. The lowest BCUT2D eigenvalue weighted by Gasteiger charge is -2.33. The summed E-state index contributed by atoms with van der Waals surface area (Å²) >= 11 is 6.45. The quantitative estimate of drug-likeness (QED) is 0.0329. The summed E-state index contributed by atoms with van der Waals surface area (Å²) in [6.45, 7) is 24.3. The molecule has 0 radical (unpaired) electrons. The summed E-state index contributed by atoms with van der Waals surface area (Å²) in [5.41, 5.74) is -1.32. The zero-order chi connectivity index (χ0) is 57.4. The number of hydrogen-bond donors (Lipinski definition) is 0. The number of esters is 4. The van der Waals surface area contributed by atoms with E-state index in [0.717, 1.165) is 51.4 Å². The van der Waals surface area contributed by atoms with Crippen LogP contribution in [0.5, 0.6) is 0 Å². The Bertz CT molecular complexity index is 1200. The molecule has 0 N–H and O–H groups in total. The fourth-order valence-electron chi connectivity index (χ4n) is 9.77. The van der Waals surface area contributed by atoms with Gasteiger partial charge in [-0.2, -0.15) is 0 Å². The van der Waals surface area contributed by atoms with Crippen LogP contribution in [0.25, 0.3) is 0 Å². The van der Waals surface area contributed by atoms with Gasteiger partial charge in [0, 0.05) is 21.0 Å². The Balaban J connectivity index is 6.24. The molecule has 0 aliphatic heterocycles. The summed E-state index contributed by atoms with van der Waals surface area (Å²) < 4.78 is 24.6. The molecule has 0 amide bonds. The van der Waals surface area contributed by atoms with E-state index < -0.39 is 26.4 Å². The van der Waals surface area contributed by atoms with Gasteiger partial charge in [-0.05, 0) is 53.4 Å². The van der Waals surface area contributed by atoms with Crippen molar-refractivity contribution in [2.45, 2.75) is 356 Å². The van der Waals surface area contributed by atoms with Gasteiger partial charge in [0.05, 0.1) is 21.0 Å². The summed E-state index contributed by atoms with van der Waals surface area (Å²) in [6.07, 6.45) is 44.4. The molecule has 8 nitrogen and oxygen atoms in total. The van der Waals surface area contributed by atoms with Gasteiger partial charge in [0.25, 0.3) is 0 Å². The average Bonchev–Trinajstić information content (AvgIpc) is 3.40. The average molecular weight is 1160 g/mol. The third-order valence-electron chi connectivity index (χ3n) is 15.0. The number of thioether (sulfide) groups is 4. The second-order valence-corrected chi connectivity index (χ2v) is 30.5. The van der Waals surface area contributed by atoms with Gasteiger partial charge in [0.2, 0.25) is 0 Å². The largest absolute Gasteiger partial charge is 0.464 e. The molecule has 0 heterocycles. The highest BCUT2D eigenvalue weighted by molar-refractivity contribution is 8.01. The van der Waals surface area contributed by atoms with Crippen LogP contribution >= 0.6 is 47.0 Å². The first-order chi connectivity index (χ1) is 37.0. The SMILES string of the molecule is CCCCCCCCCCC(C)SC(C)C(=O)OCC(COC(=O)C(C)SC(C)CCCCCCCCCC)(COC(=O)C(C)SC(C)CCCCCCCCCC)COC(=O)C(C)SC(C)CCCCCCCCCC. The minimum atomic E-state index is -1.32. The van der Waals surface area contributed by atoms with Crippen molar-refractivity contribution >= 4 is 70.9 Å². The lowest BCUT2D eigenvalue weighted by atomic mass is 9.92. The van der Waals surface area contributed by atoms with Crippen LogP contribution in [0.1, 0.15) is 314 Å². The van der Waals surface area contributed by atoms with Gasteiger partial charge >= 0.3 is 23.9 Å². The lowest BCUT2D eigenvalue weighted by molar-refractivity contribution is -0.169. The molecule has 0 saturated heterocycles. The summed E-state index contributed by atoms with van der Waals surface area (Å²) in [5, 5.41) is -0.676. The smallest absolute Gasteiger partial charge is 0.318 e. The number of unbranched alkanes of at least 4 members (excludes halogenated alkanes) is 28. The zero-order valence-electron chi connectivity index (χ0n) is 52.3. The van der Waals surface area contributed by atoms with Crippen LogP contribution in [0, 0.1) is 5.41 Å². The third kappa shape index (κ3) is 44.5. The Kier molecular flexibility index (Phi) is 51.6. The highest BCUT2D eigenvalue weighted by Gasteiger charge is 2.40. The Morgan fingerprint density at radius 3 is 0.597 bits per heavy atom. The maximum atomic E-state index is 13.9. The van der Waals surface area contributed by atoms with Crippen molar-refractivity contribution in [3.63, 3.8) is 0 Å². The Hall–Kier alpha value is -0.720. The fraction of sp³-hybridized carbons (Fsp3) is 0.938. The molecule has 0 rings (SSSR count). The van der Waals surface area contributed by atoms with Crippen LogP contribution in [-0.2, 0) is 38.1 Å². The van der Waals surface area contributed by atoms with Crippen molar-refractivity contribution in [3.05, 3.63) is 0 Å². The first kappa shape index (κ1) is 76.3. The van der Waals surface area contributed by atoms with Crippen LogP contribution in [0.2, 0.25) is 0 Å². The standard InChI is InChI=1S/C65H124O8S4/c1-13-17-21-25-29-33-37-41-45-53(5)74-57(9)61(66)70-49-65(50-71-62(67)58(10)75-54(6)46-42-38-34-30-26-22-18-14-2,51-72-63(68)59(11)76-55(7)47-43-39-35-31-27-23-19-15-3)52-73-64(69)60(12)77-56(8)48-44-40-36-32-28-24-20-16-4/h53-60H,13-52H2,1-12H3. The highest BCUT2D eigenvalue weighted by atomic mass is 32.2. The molecule has 0 fully saturated rings. The molecule has 0 aliphatic rings. The first-order valence-corrected chi connectivity index (χ1v) is 36.1. The molecular weight excluding hydrogens is 1040 g/mol. The number of rotatable bonds is 56. The highest BCUT2D eigenvalue weighted by Crippen LogP contribution is 2.31. The Morgan fingerprint density at radius 2 is 0.429 bits per heavy atom. The molecule has 0 aromatic heterocycles. The van der Waals surface area contributed by atoms with Gasteiger partial charge in [0.15, 0.2) is 0 Å². The van der Waals surface area contributed by atoms with E-state index >= 15 is 0 Å². The van der Waals surface area contributed by atoms with Crippen LogP contribution < -0.4 is 0 Å². The second-order valence-electron chi connectivity index (χ2n) is 23.3. The molecule has 0 spiro atoms. The second kappa shape index (κ2) is 52.1. The Morgan fingerprint density at radius 1 is 0.273 bits per heavy atom. The van der Waals surface area contributed by atoms with Gasteiger partial charge in [0.1, 0.15) is 31.8 Å². The molecule has 8 unspecified atom stereocenters. The van der Waals surface area contributed by atoms with Crippen molar-refractivity contribution < 1.29 is 38.1 Å². The number of carbonyl (C=O) groups is 4. The minimum Gasteiger partial charge on any atom is -0.464 e. The molecule has 0 aliphatic carbocycles. The van der Waals surface area contributed by atoms with E-state index in [-0.39, 0.29) is 71.3 Å². The van der Waals surface area contributed by atoms with E-state index in [1.165, 1.54) is 180 Å². The molecular formula is C65H124O8S4. The number of carbonyl (C=O) groups excluding carboxylic acids is 4. The topological polar surface area (TPSA) is 105 Å². The van der Waals surface area contributed by atoms with Crippen molar-refractivity contribution in [2.24, 2.45) is 5.41 Å². The molecule has 0 bridgehead atoms. The zero-order valence-corrected chi connectivity index (χ0v) is 55.6. The van der Waals surface area contributed by atoms with Gasteiger partial charge in [-0.25, -0.2) is 0 Å². The number of hydrogen-bond acceptors (Lipinski definition) is 12. The predicted molar refractivity (Wildman–Crippen MR) is 341 cm³/mol. The molecule has 456 valence electrons. The number of ether oxygens (including phenoxy) is 4. The van der Waals surface area contributed by atoms with E-state index in [0.29, 0.717) is 0 Å². The van der Waals surface area contributed by atoms with E-state index in [4.69, 9.17) is 18.9 Å². The molecule has 12 heteroatoms. The van der Waals surface area contributed by atoms with Crippen molar-refractivity contribution in [1.82, 2.24) is 0 Å². The molecule has 0 aromatic rings. The first-order valence-electron chi connectivity index (χ1n) is 32.3. The summed E-state index contributed by atoms with van der Waals surface area (Å²) in [6, 6.07) is 0. The van der Waals surface area contributed by atoms with Crippen LogP contribution in [-0.4, -0.2) is 92.3 Å². The van der Waals surface area contributed by atoms with E-state index in [9.17, 15) is 19.2 Å². The summed E-state index contributed by atoms with van der Waals surface area (Å²) in [5.74, 6) is -1.55. The van der Waals surface area contributed by atoms with Gasteiger partial charge < -0.3 is 18.9 Å². The van der Waals surface area contributed by atoms with Gasteiger partial charge in [-0.3, -0.25) is 19.2 Å². The Labute approximate surface area is 494 Å². The van der Waals surface area contributed by atoms with E-state index in [1.807, 2.05) is 27.7 Å². The van der Waals surface area contributed by atoms with Gasteiger partial charge in [-0.15, -0.1) is 47.0 Å². The molecule has 0 saturated carbocycles. The van der Waals surface area contributed by atoms with Crippen molar-refractivity contribution in [2.75, 3.05) is 26.4 Å². The third-order valence-corrected chi connectivity index (χ3v) is 20.2. The normalized spacial score (nSPS) is 15.6. The molecule has 8 atom stereocenters. The maximum absolute atomic E-state index is 13.9. The van der Waals surface area contributed by atoms with E-state index in [1.54, 1.807) is 47.0 Å². The van der Waals surface area contributed by atoms with Gasteiger partial charge in [-0.1, -0.05) is 261 Å². The van der Waals surface area contributed by atoms with Crippen LogP contribution in [0.4, 0.5) is 0 Å². The monoisotopic (exact) mass is 1160 g/mol. The van der Waals surface area contributed by atoms with Crippen molar-refractivity contribution in [1.29, 1.82) is 0 Å². The maximum Gasteiger partial charge on any atom is 0.318 e. The van der Waals surface area contributed by atoms with Crippen LogP contribution in [0.15, 0.2) is 0 Å². The molecule has 0 aromatic carbocycles.